The van der Waals surface area contributed by atoms with Gasteiger partial charge in [0.25, 0.3) is 11.6 Å². The first-order chi connectivity index (χ1) is 12.5. The Kier molecular flexibility index (Phi) is 5.72. The largest absolute Gasteiger partial charge is 0.484 e. The van der Waals surface area contributed by atoms with Crippen LogP contribution in [0.2, 0.25) is 0 Å². The quantitative estimate of drug-likeness (QED) is 0.549. The molecule has 2 aromatic rings. The van der Waals surface area contributed by atoms with Gasteiger partial charge in [-0.25, -0.2) is 0 Å². The summed E-state index contributed by atoms with van der Waals surface area (Å²) in [6, 6.07) is 14.0. The maximum atomic E-state index is 12.3. The van der Waals surface area contributed by atoms with Gasteiger partial charge in [0, 0.05) is 36.7 Å². The van der Waals surface area contributed by atoms with Gasteiger partial charge in [0.15, 0.2) is 6.61 Å². The maximum absolute atomic E-state index is 12.3. The molecule has 1 fully saturated rings. The number of carbonyl (C=O) groups excluding carboxylic acids is 1. The number of rotatable bonds is 5. The van der Waals surface area contributed by atoms with Crippen molar-refractivity contribution in [2.24, 2.45) is 0 Å². The highest BCUT2D eigenvalue weighted by molar-refractivity contribution is 9.10. The summed E-state index contributed by atoms with van der Waals surface area (Å²) < 4.78 is 6.47. The second-order valence-corrected chi connectivity index (χ2v) is 6.77. The highest BCUT2D eigenvalue weighted by atomic mass is 79.9. The van der Waals surface area contributed by atoms with Crippen molar-refractivity contribution >= 4 is 33.2 Å². The van der Waals surface area contributed by atoms with E-state index in [1.165, 1.54) is 6.07 Å². The number of amides is 1. The van der Waals surface area contributed by atoms with Crippen molar-refractivity contribution < 1.29 is 14.5 Å². The minimum absolute atomic E-state index is 0.0207. The molecule has 0 aromatic heterocycles. The van der Waals surface area contributed by atoms with Gasteiger partial charge in [-0.2, -0.15) is 0 Å². The van der Waals surface area contributed by atoms with Crippen LogP contribution in [-0.4, -0.2) is 48.5 Å². The van der Waals surface area contributed by atoms with Crippen molar-refractivity contribution in [3.05, 3.63) is 63.1 Å². The van der Waals surface area contributed by atoms with Gasteiger partial charge in [-0.05, 0) is 30.3 Å². The Hall–Kier alpha value is -2.61. The van der Waals surface area contributed by atoms with Crippen molar-refractivity contribution in [3.8, 4) is 5.75 Å². The van der Waals surface area contributed by atoms with Crippen molar-refractivity contribution in [1.82, 2.24) is 4.90 Å². The Morgan fingerprint density at radius 1 is 1.08 bits per heavy atom. The van der Waals surface area contributed by atoms with E-state index in [9.17, 15) is 14.9 Å². The molecule has 7 nitrogen and oxygen atoms in total. The maximum Gasteiger partial charge on any atom is 0.292 e. The molecule has 0 unspecified atom stereocenters. The van der Waals surface area contributed by atoms with Gasteiger partial charge in [-0.1, -0.05) is 28.1 Å². The van der Waals surface area contributed by atoms with E-state index in [4.69, 9.17) is 4.74 Å². The van der Waals surface area contributed by atoms with Crippen molar-refractivity contribution in [1.29, 1.82) is 0 Å². The number of piperazine rings is 1. The molecule has 1 aliphatic rings. The lowest BCUT2D eigenvalue weighted by Crippen LogP contribution is -2.50. The molecule has 0 aliphatic carbocycles. The molecule has 0 N–H and O–H groups in total. The van der Waals surface area contributed by atoms with E-state index >= 15 is 0 Å². The lowest BCUT2D eigenvalue weighted by Gasteiger charge is -2.35. The third kappa shape index (κ3) is 4.32. The van der Waals surface area contributed by atoms with Gasteiger partial charge in [-0.15, -0.1) is 0 Å². The Balaban J connectivity index is 1.54. The van der Waals surface area contributed by atoms with Gasteiger partial charge in [-0.3, -0.25) is 14.9 Å². The fraction of sp³-hybridized carbons (Fsp3) is 0.278. The van der Waals surface area contributed by atoms with Crippen LogP contribution in [0.3, 0.4) is 0 Å². The van der Waals surface area contributed by atoms with E-state index in [1.807, 2.05) is 17.0 Å². The molecule has 8 heteroatoms. The Morgan fingerprint density at radius 2 is 1.73 bits per heavy atom. The first-order valence-corrected chi connectivity index (χ1v) is 8.98. The van der Waals surface area contributed by atoms with E-state index in [2.05, 4.69) is 15.9 Å². The van der Waals surface area contributed by atoms with E-state index < -0.39 is 0 Å². The zero-order valence-electron chi connectivity index (χ0n) is 14.0. The Bertz CT molecular complexity index is 789. The van der Waals surface area contributed by atoms with Crippen LogP contribution in [-0.2, 0) is 4.79 Å². The minimum atomic E-state index is -0.376. The Labute approximate surface area is 159 Å². The molecule has 0 bridgehead atoms. The second-order valence-electron chi connectivity index (χ2n) is 5.86. The summed E-state index contributed by atoms with van der Waals surface area (Å²) in [7, 11) is 0. The zero-order valence-corrected chi connectivity index (χ0v) is 15.6. The second kappa shape index (κ2) is 8.18. The van der Waals surface area contributed by atoms with E-state index in [-0.39, 0.29) is 23.1 Å². The molecular formula is C18H18BrN3O4. The normalized spacial score (nSPS) is 14.2. The van der Waals surface area contributed by atoms with Crippen molar-refractivity contribution in [2.75, 3.05) is 37.7 Å². The third-order valence-electron chi connectivity index (χ3n) is 4.23. The monoisotopic (exact) mass is 419 g/mol. The molecule has 0 saturated carbocycles. The van der Waals surface area contributed by atoms with Crippen LogP contribution in [0.4, 0.5) is 11.4 Å². The van der Waals surface area contributed by atoms with E-state index in [0.29, 0.717) is 37.6 Å². The lowest BCUT2D eigenvalue weighted by atomic mass is 10.2. The number of anilines is 1. The SMILES string of the molecule is O=C(COc1ccc(Br)cc1)N1CCN(c2ccccc2[N+](=O)[O-])CC1. The van der Waals surface area contributed by atoms with Crippen LogP contribution < -0.4 is 9.64 Å². The molecule has 1 heterocycles. The highest BCUT2D eigenvalue weighted by Gasteiger charge is 2.25. The molecular weight excluding hydrogens is 402 g/mol. The van der Waals surface area contributed by atoms with Crippen LogP contribution in [0.1, 0.15) is 0 Å². The lowest BCUT2D eigenvalue weighted by molar-refractivity contribution is -0.384. The number of nitro groups is 1. The average molecular weight is 420 g/mol. The van der Waals surface area contributed by atoms with Crippen LogP contribution in [0.25, 0.3) is 0 Å². The van der Waals surface area contributed by atoms with E-state index in [0.717, 1.165) is 4.47 Å². The first kappa shape index (κ1) is 18.2. The van der Waals surface area contributed by atoms with Crippen LogP contribution in [0, 0.1) is 10.1 Å². The predicted octanol–water partition coefficient (Wildman–Crippen LogP) is 3.08. The standard InChI is InChI=1S/C18H18BrN3O4/c19-14-5-7-15(8-6-14)26-13-18(23)21-11-9-20(10-12-21)16-3-1-2-4-17(16)22(24)25/h1-8H,9-13H2. The van der Waals surface area contributed by atoms with E-state index in [1.54, 1.807) is 35.2 Å². The van der Waals surface area contributed by atoms with Crippen LogP contribution in [0.5, 0.6) is 5.75 Å². The summed E-state index contributed by atoms with van der Waals surface area (Å²) in [5.41, 5.74) is 0.682. The number of nitro benzene ring substituents is 1. The topological polar surface area (TPSA) is 75.9 Å². The molecule has 2 aromatic carbocycles. The number of ether oxygens (including phenoxy) is 1. The predicted molar refractivity (Wildman–Crippen MR) is 102 cm³/mol. The molecule has 26 heavy (non-hydrogen) atoms. The fourth-order valence-corrected chi connectivity index (χ4v) is 3.11. The molecule has 3 rings (SSSR count). The summed E-state index contributed by atoms with van der Waals surface area (Å²) in [4.78, 5) is 26.8. The van der Waals surface area contributed by atoms with Gasteiger partial charge in [0.05, 0.1) is 4.92 Å². The number of carbonyl (C=O) groups is 1. The molecule has 0 spiro atoms. The average Bonchev–Trinajstić information content (AvgIpc) is 2.67. The zero-order chi connectivity index (χ0) is 18.5. The molecule has 136 valence electrons. The Morgan fingerprint density at radius 3 is 2.38 bits per heavy atom. The van der Waals surface area contributed by atoms with Crippen molar-refractivity contribution in [2.45, 2.75) is 0 Å². The summed E-state index contributed by atoms with van der Waals surface area (Å²) in [5.74, 6) is 0.551. The van der Waals surface area contributed by atoms with Crippen molar-refractivity contribution in [3.63, 3.8) is 0 Å². The number of hydrogen-bond donors (Lipinski definition) is 0. The molecule has 1 amide bonds. The number of para-hydroxylation sites is 2. The highest BCUT2D eigenvalue weighted by Crippen LogP contribution is 2.28. The number of halogens is 1. The van der Waals surface area contributed by atoms with Gasteiger partial charge in [0.2, 0.25) is 0 Å². The van der Waals surface area contributed by atoms with Crippen LogP contribution >= 0.6 is 15.9 Å². The van der Waals surface area contributed by atoms with Gasteiger partial charge < -0.3 is 14.5 Å². The molecule has 0 radical (unpaired) electrons. The number of nitrogens with zero attached hydrogens (tertiary/aromatic N) is 3. The third-order valence-corrected chi connectivity index (χ3v) is 4.76. The number of benzene rings is 2. The summed E-state index contributed by atoms with van der Waals surface area (Å²) >= 11 is 3.35. The van der Waals surface area contributed by atoms with Gasteiger partial charge in [0.1, 0.15) is 11.4 Å². The smallest absolute Gasteiger partial charge is 0.292 e. The van der Waals surface area contributed by atoms with Gasteiger partial charge >= 0.3 is 0 Å². The van der Waals surface area contributed by atoms with Crippen LogP contribution in [0.15, 0.2) is 53.0 Å². The first-order valence-electron chi connectivity index (χ1n) is 8.19. The molecule has 0 atom stereocenters. The minimum Gasteiger partial charge on any atom is -0.484 e. The summed E-state index contributed by atoms with van der Waals surface area (Å²) in [6.45, 7) is 2.10. The molecule has 1 saturated heterocycles. The number of hydrogen-bond acceptors (Lipinski definition) is 5. The summed E-state index contributed by atoms with van der Waals surface area (Å²) in [6.07, 6.45) is 0. The summed E-state index contributed by atoms with van der Waals surface area (Å²) in [5, 5.41) is 11.2. The molecule has 1 aliphatic heterocycles. The fourth-order valence-electron chi connectivity index (χ4n) is 2.85.